The molecule has 0 bridgehead atoms. The Morgan fingerprint density at radius 1 is 1.06 bits per heavy atom. The summed E-state index contributed by atoms with van der Waals surface area (Å²) in [6, 6.07) is 18.4. The van der Waals surface area contributed by atoms with Crippen molar-refractivity contribution in [3.8, 4) is 5.75 Å². The number of methoxy groups -OCH3 is 1. The molecule has 2 aliphatic heterocycles. The SMILES string of the molecule is COC(CNC(=O)COc1cccc2ccc(N3CCOCC3)nc12)CN1CCc2ccccc2C1. The molecule has 190 valence electrons. The van der Waals surface area contributed by atoms with Crippen LogP contribution in [0.2, 0.25) is 0 Å². The number of aromatic nitrogens is 1. The predicted molar refractivity (Wildman–Crippen MR) is 139 cm³/mol. The molecule has 1 atom stereocenters. The summed E-state index contributed by atoms with van der Waals surface area (Å²) < 4.78 is 17.0. The van der Waals surface area contributed by atoms with Gasteiger partial charge in [-0.15, -0.1) is 0 Å². The topological polar surface area (TPSA) is 76.2 Å². The first-order valence-corrected chi connectivity index (χ1v) is 12.6. The van der Waals surface area contributed by atoms with Crippen molar-refractivity contribution >= 4 is 22.6 Å². The van der Waals surface area contributed by atoms with Gasteiger partial charge in [0, 0.05) is 51.8 Å². The van der Waals surface area contributed by atoms with Crippen molar-refractivity contribution in [3.05, 3.63) is 65.7 Å². The predicted octanol–water partition coefficient (Wildman–Crippen LogP) is 2.64. The Morgan fingerprint density at radius 2 is 1.89 bits per heavy atom. The summed E-state index contributed by atoms with van der Waals surface area (Å²) in [5, 5.41) is 3.94. The number of hydrogen-bond donors (Lipinski definition) is 1. The number of nitrogens with one attached hydrogen (secondary N) is 1. The Morgan fingerprint density at radius 3 is 2.72 bits per heavy atom. The minimum atomic E-state index is -0.178. The maximum atomic E-state index is 12.6. The monoisotopic (exact) mass is 490 g/mol. The number of hydrogen-bond acceptors (Lipinski definition) is 7. The molecule has 1 aromatic heterocycles. The molecule has 0 radical (unpaired) electrons. The smallest absolute Gasteiger partial charge is 0.258 e. The molecule has 1 fully saturated rings. The summed E-state index contributed by atoms with van der Waals surface area (Å²) >= 11 is 0. The second-order valence-electron chi connectivity index (χ2n) is 9.30. The highest BCUT2D eigenvalue weighted by atomic mass is 16.5. The van der Waals surface area contributed by atoms with E-state index in [0.717, 1.165) is 55.9 Å². The Balaban J connectivity index is 1.14. The third-order valence-corrected chi connectivity index (χ3v) is 6.89. The van der Waals surface area contributed by atoms with E-state index in [1.54, 1.807) is 7.11 Å². The number of carbonyl (C=O) groups is 1. The highest BCUT2D eigenvalue weighted by Gasteiger charge is 2.20. The molecule has 8 heteroatoms. The number of para-hydroxylation sites is 1. The van der Waals surface area contributed by atoms with E-state index < -0.39 is 0 Å². The molecule has 2 aliphatic rings. The lowest BCUT2D eigenvalue weighted by molar-refractivity contribution is -0.123. The van der Waals surface area contributed by atoms with Gasteiger partial charge < -0.3 is 24.4 Å². The van der Waals surface area contributed by atoms with Crippen LogP contribution in [0, 0.1) is 0 Å². The van der Waals surface area contributed by atoms with E-state index in [4.69, 9.17) is 19.2 Å². The number of rotatable bonds is 9. The third-order valence-electron chi connectivity index (χ3n) is 6.89. The number of carbonyl (C=O) groups excluding carboxylic acids is 1. The van der Waals surface area contributed by atoms with Gasteiger partial charge >= 0.3 is 0 Å². The Bertz CT molecular complexity index is 1180. The van der Waals surface area contributed by atoms with Gasteiger partial charge in [0.25, 0.3) is 5.91 Å². The summed E-state index contributed by atoms with van der Waals surface area (Å²) in [5.74, 6) is 1.32. The van der Waals surface area contributed by atoms with Gasteiger partial charge in [-0.3, -0.25) is 9.69 Å². The van der Waals surface area contributed by atoms with E-state index in [2.05, 4.69) is 39.4 Å². The first kappa shape index (κ1) is 24.5. The Hall–Kier alpha value is -3.20. The van der Waals surface area contributed by atoms with Gasteiger partial charge in [0.15, 0.2) is 6.61 Å². The first-order valence-electron chi connectivity index (χ1n) is 12.6. The number of fused-ring (bicyclic) bond motifs is 2. The van der Waals surface area contributed by atoms with E-state index in [0.29, 0.717) is 25.5 Å². The Kier molecular flexibility index (Phi) is 7.95. The standard InChI is InChI=1S/C28H34N4O4/c1-34-24(19-31-12-11-21-5-2-3-6-23(21)18-31)17-29-27(33)20-36-25-8-4-7-22-9-10-26(30-28(22)25)32-13-15-35-16-14-32/h2-10,24H,11-20H2,1H3,(H,29,33). The van der Waals surface area contributed by atoms with Crippen LogP contribution in [0.15, 0.2) is 54.6 Å². The van der Waals surface area contributed by atoms with E-state index in [-0.39, 0.29) is 18.6 Å². The van der Waals surface area contributed by atoms with Gasteiger partial charge in [-0.1, -0.05) is 36.4 Å². The second-order valence-corrected chi connectivity index (χ2v) is 9.30. The van der Waals surface area contributed by atoms with Crippen LogP contribution < -0.4 is 15.0 Å². The molecule has 1 amide bonds. The van der Waals surface area contributed by atoms with E-state index in [1.807, 2.05) is 30.3 Å². The molecule has 3 heterocycles. The Labute approximate surface area is 212 Å². The summed E-state index contributed by atoms with van der Waals surface area (Å²) in [6.45, 7) is 6.06. The maximum absolute atomic E-state index is 12.6. The van der Waals surface area contributed by atoms with E-state index in [9.17, 15) is 4.79 Å². The van der Waals surface area contributed by atoms with Crippen molar-refractivity contribution < 1.29 is 19.0 Å². The van der Waals surface area contributed by atoms with Crippen molar-refractivity contribution in [2.24, 2.45) is 0 Å². The fraction of sp³-hybridized carbons (Fsp3) is 0.429. The summed E-state index contributed by atoms with van der Waals surface area (Å²) in [6.07, 6.45) is 0.952. The molecule has 0 spiro atoms. The fourth-order valence-corrected chi connectivity index (χ4v) is 4.84. The largest absolute Gasteiger partial charge is 0.481 e. The quantitative estimate of drug-likeness (QED) is 0.494. The highest BCUT2D eigenvalue weighted by molar-refractivity contribution is 5.86. The van der Waals surface area contributed by atoms with Crippen molar-refractivity contribution in [3.63, 3.8) is 0 Å². The minimum Gasteiger partial charge on any atom is -0.481 e. The van der Waals surface area contributed by atoms with Crippen LogP contribution in [0.25, 0.3) is 10.9 Å². The summed E-state index contributed by atoms with van der Waals surface area (Å²) in [7, 11) is 1.69. The molecule has 1 N–H and O–H groups in total. The zero-order chi connectivity index (χ0) is 24.7. The summed E-state index contributed by atoms with van der Waals surface area (Å²) in [4.78, 5) is 22.0. The number of nitrogens with zero attached hydrogens (tertiary/aromatic N) is 3. The van der Waals surface area contributed by atoms with E-state index in [1.165, 1.54) is 11.1 Å². The molecule has 36 heavy (non-hydrogen) atoms. The second kappa shape index (κ2) is 11.7. The van der Waals surface area contributed by atoms with Crippen LogP contribution in [0.1, 0.15) is 11.1 Å². The van der Waals surface area contributed by atoms with E-state index >= 15 is 0 Å². The zero-order valence-electron chi connectivity index (χ0n) is 20.8. The lowest BCUT2D eigenvalue weighted by atomic mass is 10.00. The average Bonchev–Trinajstić information content (AvgIpc) is 2.94. The molecule has 1 unspecified atom stereocenters. The number of ether oxygens (including phenoxy) is 3. The van der Waals surface area contributed by atoms with Gasteiger partial charge in [-0.25, -0.2) is 4.98 Å². The molecule has 8 nitrogen and oxygen atoms in total. The van der Waals surface area contributed by atoms with Gasteiger partial charge in [0.1, 0.15) is 17.1 Å². The van der Waals surface area contributed by atoms with Crippen molar-refractivity contribution in [2.75, 3.05) is 64.6 Å². The van der Waals surface area contributed by atoms with Crippen LogP contribution in [0.3, 0.4) is 0 Å². The molecule has 5 rings (SSSR count). The van der Waals surface area contributed by atoms with Crippen molar-refractivity contribution in [2.45, 2.75) is 19.1 Å². The third kappa shape index (κ3) is 5.95. The summed E-state index contributed by atoms with van der Waals surface area (Å²) in [5.41, 5.74) is 3.55. The highest BCUT2D eigenvalue weighted by Crippen LogP contribution is 2.27. The molecule has 2 aromatic carbocycles. The lowest BCUT2D eigenvalue weighted by Gasteiger charge is -2.31. The molecule has 3 aromatic rings. The number of benzene rings is 2. The van der Waals surface area contributed by atoms with Crippen LogP contribution in [0.5, 0.6) is 5.75 Å². The zero-order valence-corrected chi connectivity index (χ0v) is 20.8. The van der Waals surface area contributed by atoms with Gasteiger partial charge in [0.2, 0.25) is 0 Å². The first-order chi connectivity index (χ1) is 17.7. The van der Waals surface area contributed by atoms with Gasteiger partial charge in [-0.05, 0) is 35.7 Å². The van der Waals surface area contributed by atoms with Crippen LogP contribution in [0.4, 0.5) is 5.82 Å². The molecule has 1 saturated heterocycles. The van der Waals surface area contributed by atoms with Crippen molar-refractivity contribution in [1.29, 1.82) is 0 Å². The van der Waals surface area contributed by atoms with Crippen LogP contribution in [-0.4, -0.2) is 81.5 Å². The number of pyridine rings is 1. The number of anilines is 1. The van der Waals surface area contributed by atoms with Crippen LogP contribution >= 0.6 is 0 Å². The fourth-order valence-electron chi connectivity index (χ4n) is 4.84. The van der Waals surface area contributed by atoms with Crippen molar-refractivity contribution in [1.82, 2.24) is 15.2 Å². The van der Waals surface area contributed by atoms with Gasteiger partial charge in [-0.2, -0.15) is 0 Å². The van der Waals surface area contributed by atoms with Gasteiger partial charge in [0.05, 0.1) is 19.3 Å². The average molecular weight is 491 g/mol. The minimum absolute atomic E-state index is 0.0733. The normalized spacial score (nSPS) is 17.0. The van der Waals surface area contributed by atoms with Crippen LogP contribution in [-0.2, 0) is 27.2 Å². The molecular weight excluding hydrogens is 456 g/mol. The number of morpholine rings is 1. The molecule has 0 saturated carbocycles. The molecular formula is C28H34N4O4. The lowest BCUT2D eigenvalue weighted by Crippen LogP contribution is -2.43. The molecule has 0 aliphatic carbocycles. The maximum Gasteiger partial charge on any atom is 0.258 e. The number of amides is 1.